The van der Waals surface area contributed by atoms with Crippen LogP contribution in [-0.4, -0.2) is 36.4 Å². The Morgan fingerprint density at radius 2 is 2.10 bits per heavy atom. The summed E-state index contributed by atoms with van der Waals surface area (Å²) in [5.41, 5.74) is 0.965. The van der Waals surface area contributed by atoms with Gasteiger partial charge in [0.2, 0.25) is 11.7 Å². The predicted molar refractivity (Wildman–Crippen MR) is 77.4 cm³/mol. The van der Waals surface area contributed by atoms with Crippen LogP contribution in [0.15, 0.2) is 34.9 Å². The lowest BCUT2D eigenvalue weighted by atomic mass is 10.2. The first-order valence-electron chi connectivity index (χ1n) is 6.93. The zero-order valence-electron chi connectivity index (χ0n) is 12.0. The summed E-state index contributed by atoms with van der Waals surface area (Å²) in [7, 11) is 1.70. The van der Waals surface area contributed by atoms with Gasteiger partial charge in [0.25, 0.3) is 0 Å². The molecule has 1 heterocycles. The smallest absolute Gasteiger partial charge is 0.228 e. The molecule has 0 spiro atoms. The Morgan fingerprint density at radius 3 is 2.80 bits per heavy atom. The van der Waals surface area contributed by atoms with Crippen LogP contribution >= 0.6 is 0 Å². The summed E-state index contributed by atoms with van der Waals surface area (Å²) < 4.78 is 10.5. The van der Waals surface area contributed by atoms with Crippen LogP contribution in [0.4, 0.5) is 0 Å². The van der Waals surface area contributed by atoms with Crippen molar-refractivity contribution in [1.82, 2.24) is 15.5 Å². The molecule has 0 aliphatic rings. The number of aromatic nitrogens is 2. The van der Waals surface area contributed by atoms with Crippen LogP contribution < -0.4 is 5.32 Å². The SMILES string of the molecule is CCCNC(COC)Cc1nc(-c2ccccc2)no1. The second-order valence-corrected chi connectivity index (χ2v) is 4.69. The standard InChI is InChI=1S/C15H21N3O2/c1-3-9-16-13(11-19-2)10-14-17-15(18-20-14)12-7-5-4-6-8-12/h4-8,13,16H,3,9-11H2,1-2H3. The lowest BCUT2D eigenvalue weighted by molar-refractivity contribution is 0.161. The number of ether oxygens (including phenoxy) is 1. The zero-order chi connectivity index (χ0) is 14.2. The molecule has 1 unspecified atom stereocenters. The molecule has 0 radical (unpaired) electrons. The molecule has 0 amide bonds. The first-order valence-corrected chi connectivity index (χ1v) is 6.93. The highest BCUT2D eigenvalue weighted by atomic mass is 16.5. The Morgan fingerprint density at radius 1 is 1.30 bits per heavy atom. The van der Waals surface area contributed by atoms with Gasteiger partial charge in [0, 0.05) is 25.1 Å². The van der Waals surface area contributed by atoms with Gasteiger partial charge >= 0.3 is 0 Å². The highest BCUT2D eigenvalue weighted by molar-refractivity contribution is 5.53. The van der Waals surface area contributed by atoms with E-state index < -0.39 is 0 Å². The van der Waals surface area contributed by atoms with Gasteiger partial charge in [0.1, 0.15) is 0 Å². The van der Waals surface area contributed by atoms with Crippen LogP contribution in [0.5, 0.6) is 0 Å². The maximum absolute atomic E-state index is 5.32. The molecular formula is C15H21N3O2. The Bertz CT molecular complexity index is 499. The van der Waals surface area contributed by atoms with Crippen LogP contribution in [0.3, 0.4) is 0 Å². The normalized spacial score (nSPS) is 12.5. The lowest BCUT2D eigenvalue weighted by Crippen LogP contribution is -2.35. The first kappa shape index (κ1) is 14.7. The average molecular weight is 275 g/mol. The van der Waals surface area contributed by atoms with Gasteiger partial charge in [-0.15, -0.1) is 0 Å². The monoisotopic (exact) mass is 275 g/mol. The molecule has 5 heteroatoms. The van der Waals surface area contributed by atoms with E-state index in [1.165, 1.54) is 0 Å². The molecular weight excluding hydrogens is 254 g/mol. The molecule has 1 N–H and O–H groups in total. The van der Waals surface area contributed by atoms with E-state index in [1.54, 1.807) is 7.11 Å². The van der Waals surface area contributed by atoms with Crippen molar-refractivity contribution in [2.75, 3.05) is 20.3 Å². The van der Waals surface area contributed by atoms with E-state index >= 15 is 0 Å². The number of rotatable bonds is 8. The molecule has 0 bridgehead atoms. The molecule has 0 aliphatic carbocycles. The summed E-state index contributed by atoms with van der Waals surface area (Å²) in [6.45, 7) is 3.72. The van der Waals surface area contributed by atoms with Crippen LogP contribution in [0, 0.1) is 0 Å². The van der Waals surface area contributed by atoms with Gasteiger partial charge in [-0.3, -0.25) is 0 Å². The third kappa shape index (κ3) is 4.15. The van der Waals surface area contributed by atoms with Gasteiger partial charge in [-0.1, -0.05) is 42.4 Å². The average Bonchev–Trinajstić information content (AvgIpc) is 2.94. The number of methoxy groups -OCH3 is 1. The van der Waals surface area contributed by atoms with Crippen molar-refractivity contribution in [2.45, 2.75) is 25.8 Å². The summed E-state index contributed by atoms with van der Waals surface area (Å²) >= 11 is 0. The number of benzene rings is 1. The minimum atomic E-state index is 0.198. The largest absolute Gasteiger partial charge is 0.383 e. The predicted octanol–water partition coefficient (Wildman–Crippen LogP) is 2.29. The van der Waals surface area contributed by atoms with Crippen molar-refractivity contribution >= 4 is 0 Å². The van der Waals surface area contributed by atoms with E-state index in [-0.39, 0.29) is 6.04 Å². The summed E-state index contributed by atoms with van der Waals surface area (Å²) in [4.78, 5) is 4.44. The summed E-state index contributed by atoms with van der Waals surface area (Å²) in [5.74, 6) is 1.27. The van der Waals surface area contributed by atoms with Crippen LogP contribution in [-0.2, 0) is 11.2 Å². The minimum absolute atomic E-state index is 0.198. The van der Waals surface area contributed by atoms with Gasteiger partial charge in [-0.05, 0) is 13.0 Å². The highest BCUT2D eigenvalue weighted by Gasteiger charge is 2.14. The summed E-state index contributed by atoms with van der Waals surface area (Å²) in [6.07, 6.45) is 1.76. The van der Waals surface area contributed by atoms with Gasteiger partial charge in [0.05, 0.1) is 6.61 Å². The zero-order valence-corrected chi connectivity index (χ0v) is 12.0. The molecule has 20 heavy (non-hydrogen) atoms. The van der Waals surface area contributed by atoms with Gasteiger partial charge < -0.3 is 14.6 Å². The van der Waals surface area contributed by atoms with Crippen LogP contribution in [0.1, 0.15) is 19.2 Å². The molecule has 5 nitrogen and oxygen atoms in total. The van der Waals surface area contributed by atoms with E-state index in [4.69, 9.17) is 9.26 Å². The van der Waals surface area contributed by atoms with Gasteiger partial charge in [-0.2, -0.15) is 4.98 Å². The van der Waals surface area contributed by atoms with Crippen molar-refractivity contribution in [2.24, 2.45) is 0 Å². The quantitative estimate of drug-likeness (QED) is 0.801. The number of nitrogens with zero attached hydrogens (tertiary/aromatic N) is 2. The molecule has 2 rings (SSSR count). The molecule has 2 aromatic rings. The van der Waals surface area contributed by atoms with Crippen molar-refractivity contribution in [3.8, 4) is 11.4 Å². The fourth-order valence-corrected chi connectivity index (χ4v) is 1.99. The molecule has 0 saturated heterocycles. The Labute approximate surface area is 119 Å². The topological polar surface area (TPSA) is 60.2 Å². The Kier molecular flexibility index (Phi) is 5.70. The maximum atomic E-state index is 5.32. The summed E-state index contributed by atoms with van der Waals surface area (Å²) in [6, 6.07) is 10.0. The van der Waals surface area contributed by atoms with Gasteiger partial charge in [0.15, 0.2) is 0 Å². The molecule has 0 saturated carbocycles. The van der Waals surface area contributed by atoms with Crippen molar-refractivity contribution in [3.63, 3.8) is 0 Å². The van der Waals surface area contributed by atoms with Crippen molar-refractivity contribution < 1.29 is 9.26 Å². The third-order valence-corrected chi connectivity index (χ3v) is 2.97. The fraction of sp³-hybridized carbons (Fsp3) is 0.467. The second kappa shape index (κ2) is 7.77. The molecule has 0 aliphatic heterocycles. The van der Waals surface area contributed by atoms with E-state index in [1.807, 2.05) is 30.3 Å². The highest BCUT2D eigenvalue weighted by Crippen LogP contribution is 2.15. The molecule has 1 aromatic heterocycles. The first-order chi connectivity index (χ1) is 9.83. The van der Waals surface area contributed by atoms with E-state index in [0.29, 0.717) is 24.7 Å². The Balaban J connectivity index is 2.00. The number of nitrogens with one attached hydrogen (secondary N) is 1. The lowest BCUT2D eigenvalue weighted by Gasteiger charge is -2.15. The van der Waals surface area contributed by atoms with Gasteiger partial charge in [-0.25, -0.2) is 0 Å². The van der Waals surface area contributed by atoms with Crippen molar-refractivity contribution in [1.29, 1.82) is 0 Å². The van der Waals surface area contributed by atoms with E-state index in [9.17, 15) is 0 Å². The molecule has 1 aromatic carbocycles. The van der Waals surface area contributed by atoms with E-state index in [0.717, 1.165) is 18.5 Å². The second-order valence-electron chi connectivity index (χ2n) is 4.69. The molecule has 108 valence electrons. The molecule has 0 fully saturated rings. The van der Waals surface area contributed by atoms with Crippen molar-refractivity contribution in [3.05, 3.63) is 36.2 Å². The maximum Gasteiger partial charge on any atom is 0.228 e. The van der Waals surface area contributed by atoms with E-state index in [2.05, 4.69) is 22.4 Å². The number of hydrogen-bond acceptors (Lipinski definition) is 5. The summed E-state index contributed by atoms with van der Waals surface area (Å²) in [5, 5.41) is 7.44. The minimum Gasteiger partial charge on any atom is -0.383 e. The van der Waals surface area contributed by atoms with Crippen LogP contribution in [0.25, 0.3) is 11.4 Å². The fourth-order valence-electron chi connectivity index (χ4n) is 1.99. The van der Waals surface area contributed by atoms with Crippen LogP contribution in [0.2, 0.25) is 0 Å². The molecule has 1 atom stereocenters. The number of hydrogen-bond donors (Lipinski definition) is 1. The third-order valence-electron chi connectivity index (χ3n) is 2.97. The Hall–Kier alpha value is -1.72.